The highest BCUT2D eigenvalue weighted by molar-refractivity contribution is 5.16. The van der Waals surface area contributed by atoms with Crippen LogP contribution in [-0.4, -0.2) is 54.6 Å². The van der Waals surface area contributed by atoms with Crippen LogP contribution in [0.3, 0.4) is 0 Å². The Kier molecular flexibility index (Phi) is 7.73. The van der Waals surface area contributed by atoms with E-state index in [0.717, 1.165) is 32.5 Å². The van der Waals surface area contributed by atoms with Gasteiger partial charge in [-0.1, -0.05) is 19.9 Å². The Morgan fingerprint density at radius 3 is 2.45 bits per heavy atom. The highest BCUT2D eigenvalue weighted by atomic mass is 15.2. The van der Waals surface area contributed by atoms with E-state index in [1.165, 1.54) is 5.56 Å². The summed E-state index contributed by atoms with van der Waals surface area (Å²) in [5.74, 6) is 0. The molecule has 4 heteroatoms. The quantitative estimate of drug-likeness (QED) is 0.751. The Hall–Kier alpha value is -0.970. The molecule has 0 aliphatic carbocycles. The van der Waals surface area contributed by atoms with Crippen molar-refractivity contribution in [1.82, 2.24) is 14.8 Å². The molecule has 0 amide bonds. The molecule has 1 aromatic heterocycles. The first-order valence-electron chi connectivity index (χ1n) is 7.64. The van der Waals surface area contributed by atoms with E-state index in [4.69, 9.17) is 5.73 Å². The molecule has 1 aromatic rings. The van der Waals surface area contributed by atoms with E-state index in [0.29, 0.717) is 0 Å². The summed E-state index contributed by atoms with van der Waals surface area (Å²) < 4.78 is 0. The second kappa shape index (κ2) is 9.06. The lowest BCUT2D eigenvalue weighted by molar-refractivity contribution is 0.154. The Morgan fingerprint density at radius 1 is 1.20 bits per heavy atom. The summed E-state index contributed by atoms with van der Waals surface area (Å²) in [5, 5.41) is 0. The second-order valence-corrected chi connectivity index (χ2v) is 5.64. The molecule has 0 saturated carbocycles. The molecule has 4 nitrogen and oxygen atoms in total. The summed E-state index contributed by atoms with van der Waals surface area (Å²) in [4.78, 5) is 9.00. The monoisotopic (exact) mass is 278 g/mol. The van der Waals surface area contributed by atoms with Gasteiger partial charge in [-0.15, -0.1) is 0 Å². The zero-order valence-electron chi connectivity index (χ0n) is 13.4. The number of likely N-dealkylation sites (N-methyl/N-ethyl adjacent to an activating group) is 1. The van der Waals surface area contributed by atoms with Crippen molar-refractivity contribution >= 4 is 0 Å². The second-order valence-electron chi connectivity index (χ2n) is 5.64. The maximum absolute atomic E-state index is 6.40. The number of nitrogens with two attached hydrogens (primary N) is 1. The van der Waals surface area contributed by atoms with Gasteiger partial charge in [-0.2, -0.15) is 0 Å². The van der Waals surface area contributed by atoms with Gasteiger partial charge in [-0.3, -0.25) is 9.88 Å². The van der Waals surface area contributed by atoms with Crippen molar-refractivity contribution in [2.75, 3.05) is 33.7 Å². The number of nitrogens with zero attached hydrogens (tertiary/aromatic N) is 3. The zero-order chi connectivity index (χ0) is 15.0. The van der Waals surface area contributed by atoms with Crippen LogP contribution in [0.2, 0.25) is 0 Å². The van der Waals surface area contributed by atoms with E-state index in [9.17, 15) is 0 Å². The number of rotatable bonds is 9. The van der Waals surface area contributed by atoms with Gasteiger partial charge in [0.25, 0.3) is 0 Å². The molecular formula is C16H30N4. The fourth-order valence-corrected chi connectivity index (χ4v) is 2.51. The van der Waals surface area contributed by atoms with E-state index in [2.05, 4.69) is 48.8 Å². The maximum Gasteiger partial charge on any atom is 0.0514 e. The summed E-state index contributed by atoms with van der Waals surface area (Å²) >= 11 is 0. The molecule has 1 heterocycles. The van der Waals surface area contributed by atoms with Crippen molar-refractivity contribution in [3.8, 4) is 0 Å². The Labute approximate surface area is 124 Å². The number of aromatic nitrogens is 1. The first-order chi connectivity index (χ1) is 9.60. The zero-order valence-corrected chi connectivity index (χ0v) is 13.4. The molecule has 0 aromatic carbocycles. The molecule has 2 atom stereocenters. The molecule has 2 N–H and O–H groups in total. The largest absolute Gasteiger partial charge is 0.326 e. The van der Waals surface area contributed by atoms with Gasteiger partial charge < -0.3 is 10.6 Å². The van der Waals surface area contributed by atoms with Crippen LogP contribution in [0.1, 0.15) is 38.3 Å². The summed E-state index contributed by atoms with van der Waals surface area (Å²) in [6.45, 7) is 7.53. The Bertz CT molecular complexity index is 353. The van der Waals surface area contributed by atoms with Crippen LogP contribution < -0.4 is 5.73 Å². The smallest absolute Gasteiger partial charge is 0.0514 e. The van der Waals surface area contributed by atoms with Crippen molar-refractivity contribution in [3.63, 3.8) is 0 Å². The Morgan fingerprint density at radius 2 is 1.95 bits per heavy atom. The lowest BCUT2D eigenvalue weighted by Crippen LogP contribution is -2.43. The molecule has 0 bridgehead atoms. The molecule has 0 radical (unpaired) electrons. The minimum absolute atomic E-state index is 0.146. The highest BCUT2D eigenvalue weighted by Crippen LogP contribution is 2.24. The summed E-state index contributed by atoms with van der Waals surface area (Å²) in [6.07, 6.45) is 5.89. The molecule has 2 unspecified atom stereocenters. The number of hydrogen-bond donors (Lipinski definition) is 1. The van der Waals surface area contributed by atoms with Gasteiger partial charge in [0.05, 0.1) is 6.04 Å². The van der Waals surface area contributed by atoms with Gasteiger partial charge in [0, 0.05) is 31.5 Å². The Balaban J connectivity index is 2.92. The van der Waals surface area contributed by atoms with Crippen LogP contribution in [0.25, 0.3) is 0 Å². The molecule has 0 saturated heterocycles. The van der Waals surface area contributed by atoms with Gasteiger partial charge in [-0.25, -0.2) is 0 Å². The van der Waals surface area contributed by atoms with Gasteiger partial charge in [0.15, 0.2) is 0 Å². The summed E-state index contributed by atoms with van der Waals surface area (Å²) in [6, 6.07) is 4.55. The van der Waals surface area contributed by atoms with Crippen molar-refractivity contribution in [2.24, 2.45) is 5.73 Å². The SMILES string of the molecule is CCCN(CCN(C)C)C(c1cccnc1)C(N)CC. The van der Waals surface area contributed by atoms with Gasteiger partial charge in [0.2, 0.25) is 0 Å². The fraction of sp³-hybridized carbons (Fsp3) is 0.688. The summed E-state index contributed by atoms with van der Waals surface area (Å²) in [7, 11) is 4.23. The first-order valence-corrected chi connectivity index (χ1v) is 7.64. The molecule has 0 spiro atoms. The molecule has 20 heavy (non-hydrogen) atoms. The van der Waals surface area contributed by atoms with Crippen molar-refractivity contribution in [1.29, 1.82) is 0 Å². The molecule has 114 valence electrons. The topological polar surface area (TPSA) is 45.4 Å². The van der Waals surface area contributed by atoms with Crippen LogP contribution in [0, 0.1) is 0 Å². The fourth-order valence-electron chi connectivity index (χ4n) is 2.51. The minimum atomic E-state index is 0.146. The average Bonchev–Trinajstić information content (AvgIpc) is 2.45. The molecule has 0 fully saturated rings. The lowest BCUT2D eigenvalue weighted by atomic mass is 9.97. The third-order valence-corrected chi connectivity index (χ3v) is 3.64. The van der Waals surface area contributed by atoms with E-state index < -0.39 is 0 Å². The average molecular weight is 278 g/mol. The lowest BCUT2D eigenvalue weighted by Gasteiger charge is -2.36. The number of pyridine rings is 1. The third-order valence-electron chi connectivity index (χ3n) is 3.64. The van der Waals surface area contributed by atoms with Crippen LogP contribution in [0.4, 0.5) is 0 Å². The minimum Gasteiger partial charge on any atom is -0.326 e. The van der Waals surface area contributed by atoms with E-state index in [-0.39, 0.29) is 12.1 Å². The van der Waals surface area contributed by atoms with Gasteiger partial charge in [-0.05, 0) is 45.1 Å². The molecule has 0 aliphatic rings. The molecular weight excluding hydrogens is 248 g/mol. The van der Waals surface area contributed by atoms with Gasteiger partial charge in [0.1, 0.15) is 0 Å². The first kappa shape index (κ1) is 17.1. The maximum atomic E-state index is 6.40. The van der Waals surface area contributed by atoms with E-state index in [1.807, 2.05) is 18.5 Å². The van der Waals surface area contributed by atoms with Crippen LogP contribution in [0.15, 0.2) is 24.5 Å². The van der Waals surface area contributed by atoms with Crippen LogP contribution in [0.5, 0.6) is 0 Å². The highest BCUT2D eigenvalue weighted by Gasteiger charge is 2.25. The predicted octanol–water partition coefficient (Wildman–Crippen LogP) is 2.13. The van der Waals surface area contributed by atoms with Crippen molar-refractivity contribution in [2.45, 2.75) is 38.8 Å². The van der Waals surface area contributed by atoms with Crippen molar-refractivity contribution in [3.05, 3.63) is 30.1 Å². The van der Waals surface area contributed by atoms with Gasteiger partial charge >= 0.3 is 0 Å². The van der Waals surface area contributed by atoms with E-state index in [1.54, 1.807) is 0 Å². The van der Waals surface area contributed by atoms with Crippen LogP contribution in [-0.2, 0) is 0 Å². The van der Waals surface area contributed by atoms with Crippen molar-refractivity contribution < 1.29 is 0 Å². The standard InChI is InChI=1S/C16H30N4/c1-5-10-20(12-11-19(3)4)16(15(17)6-2)14-8-7-9-18-13-14/h7-9,13,15-16H,5-6,10-12,17H2,1-4H3. The van der Waals surface area contributed by atoms with Crippen LogP contribution >= 0.6 is 0 Å². The number of hydrogen-bond acceptors (Lipinski definition) is 4. The third kappa shape index (κ3) is 5.19. The summed E-state index contributed by atoms with van der Waals surface area (Å²) in [5.41, 5.74) is 7.63. The molecule has 1 rings (SSSR count). The normalized spacial score (nSPS) is 14.8. The predicted molar refractivity (Wildman–Crippen MR) is 85.7 cm³/mol. The van der Waals surface area contributed by atoms with E-state index >= 15 is 0 Å². The molecule has 0 aliphatic heterocycles.